The molecule has 1 amide bonds. The zero-order chi connectivity index (χ0) is 16.0. The maximum Gasteiger partial charge on any atom is 0.338 e. The number of hydrogen-bond donors (Lipinski definition) is 1. The number of carbonyl (C=O) groups is 2. The molecule has 7 heteroatoms. The second kappa shape index (κ2) is 7.21. The summed E-state index contributed by atoms with van der Waals surface area (Å²) in [5.41, 5.74) is 0.193. The van der Waals surface area contributed by atoms with Gasteiger partial charge in [-0.3, -0.25) is 4.79 Å². The third kappa shape index (κ3) is 5.55. The molecule has 0 saturated carbocycles. The second-order valence-corrected chi connectivity index (χ2v) is 6.77. The van der Waals surface area contributed by atoms with E-state index in [2.05, 4.69) is 5.32 Å². The summed E-state index contributed by atoms with van der Waals surface area (Å²) in [4.78, 5) is 23.3. The van der Waals surface area contributed by atoms with Crippen molar-refractivity contribution in [2.45, 2.75) is 31.2 Å². The van der Waals surface area contributed by atoms with Gasteiger partial charge in [0.2, 0.25) is 0 Å². The number of amides is 1. The molecule has 0 radical (unpaired) electrons. The van der Waals surface area contributed by atoms with Gasteiger partial charge in [-0.25, -0.2) is 13.2 Å². The minimum atomic E-state index is -3.30. The molecule has 0 spiro atoms. The third-order valence-electron chi connectivity index (χ3n) is 2.87. The molecule has 0 aliphatic rings. The molecule has 0 saturated heterocycles. The van der Waals surface area contributed by atoms with Crippen LogP contribution in [0.4, 0.5) is 0 Å². The normalized spacial score (nSPS) is 12.5. The summed E-state index contributed by atoms with van der Waals surface area (Å²) in [6, 6.07) is 5.37. The van der Waals surface area contributed by atoms with Crippen molar-refractivity contribution in [2.75, 3.05) is 12.9 Å². The van der Waals surface area contributed by atoms with Crippen LogP contribution in [0.1, 0.15) is 30.6 Å². The third-order valence-corrected chi connectivity index (χ3v) is 4.00. The predicted molar refractivity (Wildman–Crippen MR) is 77.7 cm³/mol. The summed E-state index contributed by atoms with van der Waals surface area (Å²) in [7, 11) is -3.30. The van der Waals surface area contributed by atoms with Gasteiger partial charge in [0.05, 0.1) is 10.5 Å². The van der Waals surface area contributed by atoms with Crippen LogP contribution in [0.3, 0.4) is 0 Å². The van der Waals surface area contributed by atoms with E-state index in [1.165, 1.54) is 24.3 Å². The van der Waals surface area contributed by atoms with Gasteiger partial charge in [-0.05, 0) is 37.6 Å². The summed E-state index contributed by atoms with van der Waals surface area (Å²) in [5.74, 6) is -1.04. The van der Waals surface area contributed by atoms with Crippen molar-refractivity contribution in [3.05, 3.63) is 29.8 Å². The van der Waals surface area contributed by atoms with Crippen LogP contribution in [0.5, 0.6) is 0 Å². The average Bonchev–Trinajstić information content (AvgIpc) is 2.43. The van der Waals surface area contributed by atoms with E-state index in [1.807, 2.05) is 13.8 Å². The Hall–Kier alpha value is -1.89. The van der Waals surface area contributed by atoms with E-state index in [9.17, 15) is 18.0 Å². The van der Waals surface area contributed by atoms with Gasteiger partial charge in [-0.1, -0.05) is 6.92 Å². The summed E-state index contributed by atoms with van der Waals surface area (Å²) >= 11 is 0. The lowest BCUT2D eigenvalue weighted by molar-refractivity contribution is -0.124. The minimum Gasteiger partial charge on any atom is -0.452 e. The molecule has 1 aromatic carbocycles. The largest absolute Gasteiger partial charge is 0.452 e. The first-order chi connectivity index (χ1) is 9.74. The highest BCUT2D eigenvalue weighted by Crippen LogP contribution is 2.11. The summed E-state index contributed by atoms with van der Waals surface area (Å²) in [6.07, 6.45) is 1.87. The summed E-state index contributed by atoms with van der Waals surface area (Å²) < 4.78 is 27.4. The Kier molecular flexibility index (Phi) is 5.90. The fourth-order valence-corrected chi connectivity index (χ4v) is 2.10. The van der Waals surface area contributed by atoms with E-state index in [0.29, 0.717) is 0 Å². The quantitative estimate of drug-likeness (QED) is 0.796. The molecule has 1 rings (SSSR count). The van der Waals surface area contributed by atoms with Gasteiger partial charge in [0, 0.05) is 12.3 Å². The van der Waals surface area contributed by atoms with Crippen molar-refractivity contribution in [1.29, 1.82) is 0 Å². The molecule has 116 valence electrons. The SMILES string of the molecule is CC[C@@H](C)NC(=O)COC(=O)c1ccc(S(C)(=O)=O)cc1. The molecule has 1 aromatic rings. The fourth-order valence-electron chi connectivity index (χ4n) is 1.47. The van der Waals surface area contributed by atoms with E-state index in [4.69, 9.17) is 4.74 Å². The molecule has 0 heterocycles. The molecule has 1 N–H and O–H groups in total. The lowest BCUT2D eigenvalue weighted by atomic mass is 10.2. The number of nitrogens with one attached hydrogen (secondary N) is 1. The highest BCUT2D eigenvalue weighted by atomic mass is 32.2. The minimum absolute atomic E-state index is 0.0187. The van der Waals surface area contributed by atoms with Crippen LogP contribution in [0.25, 0.3) is 0 Å². The number of rotatable bonds is 6. The van der Waals surface area contributed by atoms with Crippen LogP contribution in [-0.2, 0) is 19.4 Å². The molecule has 21 heavy (non-hydrogen) atoms. The lowest BCUT2D eigenvalue weighted by Gasteiger charge is -2.11. The molecule has 0 fully saturated rings. The highest BCUT2D eigenvalue weighted by Gasteiger charge is 2.13. The number of carbonyl (C=O) groups excluding carboxylic acids is 2. The molecule has 1 atom stereocenters. The van der Waals surface area contributed by atoms with Crippen molar-refractivity contribution in [2.24, 2.45) is 0 Å². The van der Waals surface area contributed by atoms with E-state index in [0.717, 1.165) is 12.7 Å². The molecule has 0 aromatic heterocycles. The standard InChI is InChI=1S/C14H19NO5S/c1-4-10(2)15-13(16)9-20-14(17)11-5-7-12(8-6-11)21(3,18)19/h5-8,10H,4,9H2,1-3H3,(H,15,16)/t10-/m1/s1. The first-order valence-electron chi connectivity index (χ1n) is 6.50. The van der Waals surface area contributed by atoms with Gasteiger partial charge in [0.25, 0.3) is 5.91 Å². The maximum atomic E-state index is 11.7. The van der Waals surface area contributed by atoms with Crippen molar-refractivity contribution in [3.63, 3.8) is 0 Å². The zero-order valence-electron chi connectivity index (χ0n) is 12.3. The van der Waals surface area contributed by atoms with E-state index < -0.39 is 15.8 Å². The lowest BCUT2D eigenvalue weighted by Crippen LogP contribution is -2.35. The van der Waals surface area contributed by atoms with Crippen LogP contribution in [-0.4, -0.2) is 39.2 Å². The van der Waals surface area contributed by atoms with Crippen molar-refractivity contribution < 1.29 is 22.7 Å². The number of benzene rings is 1. The fraction of sp³-hybridized carbons (Fsp3) is 0.429. The van der Waals surface area contributed by atoms with Gasteiger partial charge in [0.15, 0.2) is 16.4 Å². The van der Waals surface area contributed by atoms with Crippen molar-refractivity contribution in [3.8, 4) is 0 Å². The molecular weight excluding hydrogens is 294 g/mol. The Balaban J connectivity index is 2.59. The number of ether oxygens (including phenoxy) is 1. The van der Waals surface area contributed by atoms with Crippen LogP contribution in [0.2, 0.25) is 0 Å². The highest BCUT2D eigenvalue weighted by molar-refractivity contribution is 7.90. The van der Waals surface area contributed by atoms with E-state index >= 15 is 0 Å². The van der Waals surface area contributed by atoms with Crippen LogP contribution < -0.4 is 5.32 Å². The van der Waals surface area contributed by atoms with E-state index in [-0.39, 0.29) is 29.0 Å². The first-order valence-corrected chi connectivity index (χ1v) is 8.39. The second-order valence-electron chi connectivity index (χ2n) is 4.75. The molecular formula is C14H19NO5S. The van der Waals surface area contributed by atoms with Gasteiger partial charge in [-0.2, -0.15) is 0 Å². The smallest absolute Gasteiger partial charge is 0.338 e. The molecule has 0 unspecified atom stereocenters. The van der Waals surface area contributed by atoms with Gasteiger partial charge < -0.3 is 10.1 Å². The maximum absolute atomic E-state index is 11.7. The van der Waals surface area contributed by atoms with Gasteiger partial charge in [-0.15, -0.1) is 0 Å². The Labute approximate surface area is 124 Å². The van der Waals surface area contributed by atoms with Crippen LogP contribution in [0.15, 0.2) is 29.2 Å². The Morgan fingerprint density at radius 3 is 2.29 bits per heavy atom. The first kappa shape index (κ1) is 17.2. The summed E-state index contributed by atoms with van der Waals surface area (Å²) in [5, 5.41) is 2.67. The number of esters is 1. The predicted octanol–water partition coefficient (Wildman–Crippen LogP) is 1.16. The van der Waals surface area contributed by atoms with Crippen molar-refractivity contribution >= 4 is 21.7 Å². The molecule has 0 aliphatic heterocycles. The number of hydrogen-bond acceptors (Lipinski definition) is 5. The molecule has 0 aliphatic carbocycles. The van der Waals surface area contributed by atoms with Crippen LogP contribution in [0, 0.1) is 0 Å². The molecule has 6 nitrogen and oxygen atoms in total. The van der Waals surface area contributed by atoms with Gasteiger partial charge in [0.1, 0.15) is 0 Å². The topological polar surface area (TPSA) is 89.5 Å². The van der Waals surface area contributed by atoms with Crippen molar-refractivity contribution in [1.82, 2.24) is 5.32 Å². The number of sulfone groups is 1. The average molecular weight is 313 g/mol. The van der Waals surface area contributed by atoms with E-state index in [1.54, 1.807) is 0 Å². The Morgan fingerprint density at radius 2 is 1.81 bits per heavy atom. The molecule has 0 bridgehead atoms. The Morgan fingerprint density at radius 1 is 1.24 bits per heavy atom. The summed E-state index contributed by atoms with van der Waals surface area (Å²) in [6.45, 7) is 3.42. The van der Waals surface area contributed by atoms with Gasteiger partial charge >= 0.3 is 5.97 Å². The van der Waals surface area contributed by atoms with Crippen LogP contribution >= 0.6 is 0 Å². The zero-order valence-corrected chi connectivity index (χ0v) is 13.1. The Bertz CT molecular complexity index is 607. The monoisotopic (exact) mass is 313 g/mol.